The fourth-order valence-electron chi connectivity index (χ4n) is 2.52. The van der Waals surface area contributed by atoms with Crippen LogP contribution >= 0.6 is 15.9 Å². The summed E-state index contributed by atoms with van der Waals surface area (Å²) >= 11 is 3.00. The van der Waals surface area contributed by atoms with Crippen molar-refractivity contribution in [2.75, 3.05) is 11.5 Å². The lowest BCUT2D eigenvalue weighted by Crippen LogP contribution is -2.31. The van der Waals surface area contributed by atoms with E-state index in [0.717, 1.165) is 6.07 Å². The number of benzene rings is 1. The van der Waals surface area contributed by atoms with Gasteiger partial charge in [-0.1, -0.05) is 0 Å². The van der Waals surface area contributed by atoms with Crippen molar-refractivity contribution in [3.05, 3.63) is 33.8 Å². The highest BCUT2D eigenvalue weighted by Gasteiger charge is 2.31. The van der Waals surface area contributed by atoms with Crippen LogP contribution in [0.15, 0.2) is 16.6 Å². The minimum Gasteiger partial charge on any atom is -0.271 e. The van der Waals surface area contributed by atoms with Crippen LogP contribution in [0.25, 0.3) is 0 Å². The van der Waals surface area contributed by atoms with E-state index in [0.29, 0.717) is 6.42 Å². The highest BCUT2D eigenvalue weighted by molar-refractivity contribution is 9.10. The summed E-state index contributed by atoms with van der Waals surface area (Å²) in [5.74, 6) is 4.00. The van der Waals surface area contributed by atoms with Gasteiger partial charge in [0.1, 0.15) is 11.6 Å². The summed E-state index contributed by atoms with van der Waals surface area (Å²) in [7, 11) is -3.03. The lowest BCUT2D eigenvalue weighted by Gasteiger charge is -2.21. The Morgan fingerprint density at radius 2 is 2.15 bits per heavy atom. The van der Waals surface area contributed by atoms with E-state index in [9.17, 15) is 17.2 Å². The zero-order valence-corrected chi connectivity index (χ0v) is 13.0. The molecule has 2 atom stereocenters. The number of nitrogens with two attached hydrogens (primary N) is 1. The van der Waals surface area contributed by atoms with Gasteiger partial charge in [0.25, 0.3) is 0 Å². The van der Waals surface area contributed by atoms with E-state index >= 15 is 0 Å². The SMILES string of the molecule is NNC(CC1CCS(=O)(=O)C1)c1c(F)ccc(Br)c1F. The van der Waals surface area contributed by atoms with Gasteiger partial charge >= 0.3 is 0 Å². The second-order valence-electron chi connectivity index (χ2n) is 4.98. The number of rotatable bonds is 4. The third-order valence-corrected chi connectivity index (χ3v) is 5.97. The molecule has 0 radical (unpaired) electrons. The molecule has 1 saturated heterocycles. The summed E-state index contributed by atoms with van der Waals surface area (Å²) in [6, 6.07) is 1.67. The van der Waals surface area contributed by atoms with Crippen LogP contribution in [0.1, 0.15) is 24.4 Å². The molecule has 3 N–H and O–H groups in total. The standard InChI is InChI=1S/C12H15BrF2N2O2S/c13-8-1-2-9(14)11(12(8)15)10(17-16)5-7-3-4-20(18,19)6-7/h1-2,7,10,17H,3-6,16H2. The lowest BCUT2D eigenvalue weighted by molar-refractivity contribution is 0.393. The van der Waals surface area contributed by atoms with Crippen LogP contribution in [0.5, 0.6) is 0 Å². The molecule has 1 aromatic rings. The zero-order chi connectivity index (χ0) is 14.9. The molecule has 1 fully saturated rings. The minimum absolute atomic E-state index is 0.0441. The van der Waals surface area contributed by atoms with Gasteiger partial charge < -0.3 is 0 Å². The molecule has 0 saturated carbocycles. The summed E-state index contributed by atoms with van der Waals surface area (Å²) in [5, 5.41) is 0. The largest absolute Gasteiger partial charge is 0.271 e. The number of halogens is 3. The van der Waals surface area contributed by atoms with Gasteiger partial charge in [-0.25, -0.2) is 17.2 Å². The molecule has 0 bridgehead atoms. The normalized spacial score (nSPS) is 22.9. The Balaban J connectivity index is 2.23. The molecule has 8 heteroatoms. The van der Waals surface area contributed by atoms with Crippen LogP contribution in [0, 0.1) is 17.6 Å². The van der Waals surface area contributed by atoms with E-state index in [2.05, 4.69) is 21.4 Å². The highest BCUT2D eigenvalue weighted by atomic mass is 79.9. The summed E-state index contributed by atoms with van der Waals surface area (Å²) in [6.45, 7) is 0. The van der Waals surface area contributed by atoms with Gasteiger partial charge in [-0.05, 0) is 46.8 Å². The molecule has 0 aromatic heterocycles. The van der Waals surface area contributed by atoms with Gasteiger partial charge in [-0.3, -0.25) is 11.3 Å². The number of hydrogen-bond acceptors (Lipinski definition) is 4. The van der Waals surface area contributed by atoms with Crippen molar-refractivity contribution in [2.24, 2.45) is 11.8 Å². The van der Waals surface area contributed by atoms with Gasteiger partial charge in [-0.2, -0.15) is 0 Å². The number of nitrogens with one attached hydrogen (secondary N) is 1. The Morgan fingerprint density at radius 1 is 1.45 bits per heavy atom. The van der Waals surface area contributed by atoms with Crippen LogP contribution in [0.2, 0.25) is 0 Å². The van der Waals surface area contributed by atoms with Gasteiger partial charge in [0, 0.05) is 5.56 Å². The molecule has 0 amide bonds. The summed E-state index contributed by atoms with van der Waals surface area (Å²) < 4.78 is 50.8. The number of hydrazine groups is 1. The second-order valence-corrected chi connectivity index (χ2v) is 8.06. The molecule has 20 heavy (non-hydrogen) atoms. The number of hydrogen-bond donors (Lipinski definition) is 2. The van der Waals surface area contributed by atoms with Crippen molar-refractivity contribution in [2.45, 2.75) is 18.9 Å². The van der Waals surface area contributed by atoms with Crippen molar-refractivity contribution in [3.63, 3.8) is 0 Å². The molecule has 2 unspecified atom stereocenters. The smallest absolute Gasteiger partial charge is 0.150 e. The van der Waals surface area contributed by atoms with E-state index in [1.165, 1.54) is 6.07 Å². The highest BCUT2D eigenvalue weighted by Crippen LogP contribution is 2.33. The Kier molecular flexibility index (Phi) is 4.78. The van der Waals surface area contributed by atoms with E-state index in [1.807, 2.05) is 0 Å². The first-order valence-corrected chi connectivity index (χ1v) is 8.75. The number of sulfone groups is 1. The maximum absolute atomic E-state index is 14.0. The van der Waals surface area contributed by atoms with Gasteiger partial charge in [-0.15, -0.1) is 0 Å². The molecule has 4 nitrogen and oxygen atoms in total. The molecule has 0 spiro atoms. The second kappa shape index (κ2) is 6.05. The predicted octanol–water partition coefficient (Wildman–Crippen LogP) is 2.06. The quantitative estimate of drug-likeness (QED) is 0.484. The van der Waals surface area contributed by atoms with Gasteiger partial charge in [0.2, 0.25) is 0 Å². The average molecular weight is 369 g/mol. The van der Waals surface area contributed by atoms with E-state index in [4.69, 9.17) is 5.84 Å². The molecule has 0 aliphatic carbocycles. The van der Waals surface area contributed by atoms with E-state index in [1.54, 1.807) is 0 Å². The van der Waals surface area contributed by atoms with E-state index in [-0.39, 0.29) is 33.9 Å². The monoisotopic (exact) mass is 368 g/mol. The van der Waals surface area contributed by atoms with Crippen molar-refractivity contribution < 1.29 is 17.2 Å². The Hall–Kier alpha value is -0.570. The third kappa shape index (κ3) is 3.36. The molecule has 1 aromatic carbocycles. The van der Waals surface area contributed by atoms with Crippen molar-refractivity contribution in [3.8, 4) is 0 Å². The fourth-order valence-corrected chi connectivity index (χ4v) is 4.75. The minimum atomic E-state index is -3.03. The summed E-state index contributed by atoms with van der Waals surface area (Å²) in [5.41, 5.74) is 2.22. The van der Waals surface area contributed by atoms with Crippen LogP contribution in [-0.2, 0) is 9.84 Å². The van der Waals surface area contributed by atoms with Gasteiger partial charge in [0.05, 0.1) is 22.0 Å². The predicted molar refractivity (Wildman–Crippen MR) is 75.5 cm³/mol. The molecule has 112 valence electrons. The Morgan fingerprint density at radius 3 is 2.70 bits per heavy atom. The van der Waals surface area contributed by atoms with Crippen molar-refractivity contribution in [1.29, 1.82) is 0 Å². The van der Waals surface area contributed by atoms with Gasteiger partial charge in [0.15, 0.2) is 9.84 Å². The summed E-state index contributed by atoms with van der Waals surface area (Å²) in [4.78, 5) is 0. The molecule has 2 rings (SSSR count). The topological polar surface area (TPSA) is 72.2 Å². The third-order valence-electron chi connectivity index (χ3n) is 3.52. The van der Waals surface area contributed by atoms with Crippen LogP contribution < -0.4 is 11.3 Å². The molecular weight excluding hydrogens is 354 g/mol. The maximum Gasteiger partial charge on any atom is 0.150 e. The van der Waals surface area contributed by atoms with Crippen molar-refractivity contribution >= 4 is 25.8 Å². The van der Waals surface area contributed by atoms with Crippen LogP contribution in [0.3, 0.4) is 0 Å². The molecular formula is C12H15BrF2N2O2S. The fraction of sp³-hybridized carbons (Fsp3) is 0.500. The van der Waals surface area contributed by atoms with Crippen LogP contribution in [-0.4, -0.2) is 19.9 Å². The van der Waals surface area contributed by atoms with E-state index < -0.39 is 27.5 Å². The molecule has 1 heterocycles. The summed E-state index contributed by atoms with van der Waals surface area (Å²) in [6.07, 6.45) is 0.776. The lowest BCUT2D eigenvalue weighted by atomic mass is 9.94. The Bertz CT molecular complexity index is 610. The van der Waals surface area contributed by atoms with Crippen LogP contribution in [0.4, 0.5) is 8.78 Å². The average Bonchev–Trinajstić information content (AvgIpc) is 2.72. The molecule has 1 aliphatic heterocycles. The first-order chi connectivity index (χ1) is 9.34. The first-order valence-electron chi connectivity index (χ1n) is 6.14. The van der Waals surface area contributed by atoms with Crippen molar-refractivity contribution in [1.82, 2.24) is 5.43 Å². The zero-order valence-electron chi connectivity index (χ0n) is 10.6. The maximum atomic E-state index is 14.0. The first kappa shape index (κ1) is 15.8. The molecule has 1 aliphatic rings. The Labute approximate surface area is 124 Å².